The average Bonchev–Trinajstić information content (AvgIpc) is 2.24. The van der Waals surface area contributed by atoms with Crippen LogP contribution in [0.5, 0.6) is 0 Å². The SMILES string of the molecule is CCCCN(C)c1nc(C)cc(C(N)=S)n1. The van der Waals surface area contributed by atoms with E-state index in [0.717, 1.165) is 25.1 Å². The highest BCUT2D eigenvalue weighted by atomic mass is 32.1. The highest BCUT2D eigenvalue weighted by Crippen LogP contribution is 2.09. The molecule has 1 aromatic heterocycles. The molecule has 1 aromatic rings. The lowest BCUT2D eigenvalue weighted by atomic mass is 10.3. The van der Waals surface area contributed by atoms with Crippen LogP contribution < -0.4 is 10.6 Å². The molecule has 0 aromatic carbocycles. The molecule has 1 rings (SSSR count). The zero-order chi connectivity index (χ0) is 12.1. The van der Waals surface area contributed by atoms with Crippen molar-refractivity contribution in [1.29, 1.82) is 0 Å². The van der Waals surface area contributed by atoms with E-state index in [1.165, 1.54) is 0 Å². The maximum Gasteiger partial charge on any atom is 0.225 e. The van der Waals surface area contributed by atoms with E-state index in [9.17, 15) is 0 Å². The van der Waals surface area contributed by atoms with Gasteiger partial charge in [-0.15, -0.1) is 0 Å². The van der Waals surface area contributed by atoms with Crippen LogP contribution in [0.25, 0.3) is 0 Å². The fourth-order valence-corrected chi connectivity index (χ4v) is 1.45. The van der Waals surface area contributed by atoms with Crippen LogP contribution >= 0.6 is 12.2 Å². The molecule has 0 bridgehead atoms. The molecule has 0 radical (unpaired) electrons. The first kappa shape index (κ1) is 12.8. The number of rotatable bonds is 5. The second kappa shape index (κ2) is 5.75. The third-order valence-corrected chi connectivity index (χ3v) is 2.49. The smallest absolute Gasteiger partial charge is 0.225 e. The Morgan fingerprint density at radius 1 is 1.50 bits per heavy atom. The molecule has 0 aliphatic rings. The Morgan fingerprint density at radius 2 is 2.19 bits per heavy atom. The van der Waals surface area contributed by atoms with Gasteiger partial charge in [0.05, 0.1) is 0 Å². The van der Waals surface area contributed by atoms with Gasteiger partial charge in [0.2, 0.25) is 5.95 Å². The van der Waals surface area contributed by atoms with Crippen LogP contribution in [0.15, 0.2) is 6.07 Å². The molecule has 2 N–H and O–H groups in total. The lowest BCUT2D eigenvalue weighted by Gasteiger charge is -2.17. The van der Waals surface area contributed by atoms with Crippen LogP contribution in [0, 0.1) is 6.92 Å². The largest absolute Gasteiger partial charge is 0.388 e. The third kappa shape index (κ3) is 3.41. The number of unbranched alkanes of at least 4 members (excludes halogenated alkanes) is 1. The minimum absolute atomic E-state index is 0.315. The summed E-state index contributed by atoms with van der Waals surface area (Å²) in [5.74, 6) is 0.691. The Morgan fingerprint density at radius 3 is 2.75 bits per heavy atom. The van der Waals surface area contributed by atoms with E-state index in [1.807, 2.05) is 18.9 Å². The van der Waals surface area contributed by atoms with Crippen LogP contribution in [-0.2, 0) is 0 Å². The quantitative estimate of drug-likeness (QED) is 0.791. The monoisotopic (exact) mass is 238 g/mol. The molecular weight excluding hydrogens is 220 g/mol. The van der Waals surface area contributed by atoms with Gasteiger partial charge in [0.25, 0.3) is 0 Å². The van der Waals surface area contributed by atoms with Crippen LogP contribution in [0.1, 0.15) is 31.2 Å². The molecule has 0 amide bonds. The number of aryl methyl sites for hydroxylation is 1. The first-order chi connectivity index (χ1) is 7.54. The molecule has 0 atom stereocenters. The predicted molar refractivity (Wildman–Crippen MR) is 70.8 cm³/mol. The molecule has 4 nitrogen and oxygen atoms in total. The van der Waals surface area contributed by atoms with Crippen molar-refractivity contribution < 1.29 is 0 Å². The molecule has 0 saturated heterocycles. The summed E-state index contributed by atoms with van der Waals surface area (Å²) in [4.78, 5) is 11.0. The second-order valence-corrected chi connectivity index (χ2v) is 4.27. The van der Waals surface area contributed by atoms with Gasteiger partial charge in [-0.05, 0) is 19.4 Å². The summed E-state index contributed by atoms with van der Waals surface area (Å²) in [6, 6.07) is 1.81. The number of aromatic nitrogens is 2. The number of thiocarbonyl (C=S) groups is 1. The van der Waals surface area contributed by atoms with Crippen LogP contribution in [0.4, 0.5) is 5.95 Å². The van der Waals surface area contributed by atoms with E-state index >= 15 is 0 Å². The molecule has 5 heteroatoms. The lowest BCUT2D eigenvalue weighted by molar-refractivity contribution is 0.748. The van der Waals surface area contributed by atoms with Crippen molar-refractivity contribution in [3.8, 4) is 0 Å². The first-order valence-electron chi connectivity index (χ1n) is 5.41. The van der Waals surface area contributed by atoms with Gasteiger partial charge >= 0.3 is 0 Å². The van der Waals surface area contributed by atoms with Gasteiger partial charge in [0, 0.05) is 19.3 Å². The van der Waals surface area contributed by atoms with Gasteiger partial charge in [-0.25, -0.2) is 9.97 Å². The molecule has 16 heavy (non-hydrogen) atoms. The Kier molecular flexibility index (Phi) is 4.61. The second-order valence-electron chi connectivity index (χ2n) is 3.83. The molecule has 0 fully saturated rings. The van der Waals surface area contributed by atoms with Crippen molar-refractivity contribution in [2.45, 2.75) is 26.7 Å². The van der Waals surface area contributed by atoms with Crippen LogP contribution in [-0.4, -0.2) is 28.5 Å². The number of hydrogen-bond acceptors (Lipinski definition) is 4. The molecule has 0 aliphatic heterocycles. The maximum atomic E-state index is 5.57. The minimum Gasteiger partial charge on any atom is -0.388 e. The Bertz CT molecular complexity index is 378. The standard InChI is InChI=1S/C11H18N4S/c1-4-5-6-15(3)11-13-8(2)7-9(14-11)10(12)16/h7H,4-6H2,1-3H3,(H2,12,16). The summed E-state index contributed by atoms with van der Waals surface area (Å²) in [5, 5.41) is 0. The maximum absolute atomic E-state index is 5.57. The fourth-order valence-electron chi connectivity index (χ4n) is 1.35. The van der Waals surface area contributed by atoms with E-state index < -0.39 is 0 Å². The van der Waals surface area contributed by atoms with Gasteiger partial charge < -0.3 is 10.6 Å². The predicted octanol–water partition coefficient (Wildman–Crippen LogP) is 1.66. The summed E-state index contributed by atoms with van der Waals surface area (Å²) in [6.45, 7) is 5.02. The Labute approximate surface area is 102 Å². The zero-order valence-corrected chi connectivity index (χ0v) is 10.8. The summed E-state index contributed by atoms with van der Waals surface area (Å²) >= 11 is 4.92. The van der Waals surface area contributed by atoms with E-state index in [4.69, 9.17) is 18.0 Å². The summed E-state index contributed by atoms with van der Waals surface area (Å²) in [7, 11) is 1.98. The van der Waals surface area contributed by atoms with Crippen molar-refractivity contribution in [3.05, 3.63) is 17.5 Å². The number of hydrogen-bond donors (Lipinski definition) is 1. The van der Waals surface area contributed by atoms with Gasteiger partial charge in [0.15, 0.2) is 0 Å². The number of nitrogens with two attached hydrogens (primary N) is 1. The van der Waals surface area contributed by atoms with Gasteiger partial charge in [0.1, 0.15) is 10.7 Å². The van der Waals surface area contributed by atoms with Crippen molar-refractivity contribution in [3.63, 3.8) is 0 Å². The van der Waals surface area contributed by atoms with Gasteiger partial charge in [-0.2, -0.15) is 0 Å². The molecule has 0 aliphatic carbocycles. The highest BCUT2D eigenvalue weighted by molar-refractivity contribution is 7.80. The van der Waals surface area contributed by atoms with E-state index in [2.05, 4.69) is 16.9 Å². The Hall–Kier alpha value is -1.23. The number of nitrogens with zero attached hydrogens (tertiary/aromatic N) is 3. The lowest BCUT2D eigenvalue weighted by Crippen LogP contribution is -2.23. The highest BCUT2D eigenvalue weighted by Gasteiger charge is 2.08. The average molecular weight is 238 g/mol. The summed E-state index contributed by atoms with van der Waals surface area (Å²) in [5.41, 5.74) is 7.10. The minimum atomic E-state index is 0.315. The molecule has 0 spiro atoms. The third-order valence-electron chi connectivity index (χ3n) is 2.28. The van der Waals surface area contributed by atoms with Crippen LogP contribution in [0.3, 0.4) is 0 Å². The van der Waals surface area contributed by atoms with Crippen molar-refractivity contribution in [2.75, 3.05) is 18.5 Å². The molecular formula is C11H18N4S. The molecule has 0 unspecified atom stereocenters. The first-order valence-corrected chi connectivity index (χ1v) is 5.82. The summed E-state index contributed by atoms with van der Waals surface area (Å²) in [6.07, 6.45) is 2.27. The molecule has 88 valence electrons. The van der Waals surface area contributed by atoms with Crippen LogP contribution in [0.2, 0.25) is 0 Å². The van der Waals surface area contributed by atoms with E-state index in [0.29, 0.717) is 16.6 Å². The van der Waals surface area contributed by atoms with Crippen molar-refractivity contribution in [1.82, 2.24) is 9.97 Å². The molecule has 0 saturated carbocycles. The fraction of sp³-hybridized carbons (Fsp3) is 0.545. The normalized spacial score (nSPS) is 10.2. The Balaban J connectivity index is 2.91. The van der Waals surface area contributed by atoms with Gasteiger partial charge in [-0.1, -0.05) is 25.6 Å². The van der Waals surface area contributed by atoms with E-state index in [1.54, 1.807) is 6.07 Å². The van der Waals surface area contributed by atoms with Crippen molar-refractivity contribution in [2.24, 2.45) is 5.73 Å². The topological polar surface area (TPSA) is 55.0 Å². The zero-order valence-electron chi connectivity index (χ0n) is 10.0. The summed E-state index contributed by atoms with van der Waals surface area (Å²) < 4.78 is 0. The van der Waals surface area contributed by atoms with Gasteiger partial charge in [-0.3, -0.25) is 0 Å². The van der Waals surface area contributed by atoms with E-state index in [-0.39, 0.29) is 0 Å². The molecule has 1 heterocycles. The van der Waals surface area contributed by atoms with Crippen molar-refractivity contribution >= 4 is 23.2 Å². The number of anilines is 1.